The lowest BCUT2D eigenvalue weighted by molar-refractivity contribution is -0.147. The third kappa shape index (κ3) is 7.19. The van der Waals surface area contributed by atoms with Crippen LogP contribution >= 0.6 is 0 Å². The van der Waals surface area contributed by atoms with Crippen LogP contribution in [0.3, 0.4) is 0 Å². The Morgan fingerprint density at radius 3 is 2.19 bits per heavy atom. The number of nitrogens with one attached hydrogen (secondary N) is 4. The highest BCUT2D eigenvalue weighted by molar-refractivity contribution is 5.94. The molecular weight excluding hydrogens is 364 g/mol. The van der Waals surface area contributed by atoms with Crippen molar-refractivity contribution >= 4 is 29.7 Å². The molecule has 0 aliphatic carbocycles. The molecule has 0 radical (unpaired) electrons. The van der Waals surface area contributed by atoms with Gasteiger partial charge in [-0.05, 0) is 26.3 Å². The second-order valence-corrected chi connectivity index (χ2v) is 6.12. The maximum Gasteiger partial charge on any atom is 0.326 e. The van der Waals surface area contributed by atoms with E-state index in [2.05, 4.69) is 16.0 Å². The summed E-state index contributed by atoms with van der Waals surface area (Å²) in [5.74, 6) is -5.16. The molecule has 152 valence electrons. The Morgan fingerprint density at radius 2 is 1.70 bits per heavy atom. The van der Waals surface area contributed by atoms with Crippen molar-refractivity contribution < 1.29 is 39.3 Å². The Kier molecular flexibility index (Phi) is 8.62. The van der Waals surface area contributed by atoms with E-state index < -0.39 is 66.9 Å². The number of aliphatic hydroxyl groups is 1. The van der Waals surface area contributed by atoms with Crippen molar-refractivity contribution in [2.75, 3.05) is 13.2 Å². The molecule has 4 atom stereocenters. The predicted octanol–water partition coefficient (Wildman–Crippen LogP) is -3.24. The number of hydrogen-bond acceptors (Lipinski definition) is 7. The molecule has 27 heavy (non-hydrogen) atoms. The van der Waals surface area contributed by atoms with Crippen molar-refractivity contribution in [1.82, 2.24) is 21.3 Å². The maximum absolute atomic E-state index is 12.1. The van der Waals surface area contributed by atoms with Gasteiger partial charge in [-0.1, -0.05) is 0 Å². The molecule has 0 bridgehead atoms. The Balaban J connectivity index is 2.58. The maximum atomic E-state index is 12.1. The summed E-state index contributed by atoms with van der Waals surface area (Å²) in [5, 5.41) is 36.4. The Labute approximate surface area is 154 Å². The first-order valence-electron chi connectivity index (χ1n) is 8.35. The highest BCUT2D eigenvalue weighted by atomic mass is 16.4. The molecule has 1 saturated heterocycles. The molecule has 4 unspecified atom stereocenters. The highest BCUT2D eigenvalue weighted by Gasteiger charge is 2.30. The van der Waals surface area contributed by atoms with Gasteiger partial charge in [0.05, 0.1) is 19.1 Å². The van der Waals surface area contributed by atoms with Gasteiger partial charge in [0.1, 0.15) is 18.1 Å². The number of aliphatic carboxylic acids is 2. The zero-order valence-electron chi connectivity index (χ0n) is 14.7. The number of aliphatic hydroxyl groups excluding tert-OH is 1. The molecule has 1 fully saturated rings. The van der Waals surface area contributed by atoms with Crippen molar-refractivity contribution in [3.8, 4) is 0 Å². The number of hydrogen-bond donors (Lipinski definition) is 7. The Morgan fingerprint density at radius 1 is 1.04 bits per heavy atom. The summed E-state index contributed by atoms with van der Waals surface area (Å²) >= 11 is 0. The van der Waals surface area contributed by atoms with Gasteiger partial charge in [-0.15, -0.1) is 0 Å². The fourth-order valence-corrected chi connectivity index (χ4v) is 2.43. The first-order valence-corrected chi connectivity index (χ1v) is 8.35. The fourth-order valence-electron chi connectivity index (χ4n) is 2.43. The van der Waals surface area contributed by atoms with Gasteiger partial charge >= 0.3 is 11.9 Å². The second-order valence-electron chi connectivity index (χ2n) is 6.12. The number of rotatable bonds is 10. The molecule has 0 aromatic carbocycles. The van der Waals surface area contributed by atoms with E-state index in [1.54, 1.807) is 0 Å². The SMILES string of the molecule is CC(NC(=O)C(CO)NC(=O)C1CCCN1)C(=O)NC(CC(=O)O)C(=O)O. The summed E-state index contributed by atoms with van der Waals surface area (Å²) < 4.78 is 0. The molecule has 1 aliphatic rings. The number of carboxylic acid groups (broad SMARTS) is 2. The van der Waals surface area contributed by atoms with Crippen LogP contribution in [-0.2, 0) is 24.0 Å². The third-order valence-electron chi connectivity index (χ3n) is 3.94. The molecule has 1 rings (SSSR count). The fraction of sp³-hybridized carbons (Fsp3) is 0.667. The molecule has 1 aliphatic heterocycles. The summed E-state index contributed by atoms with van der Waals surface area (Å²) in [5.41, 5.74) is 0. The zero-order chi connectivity index (χ0) is 20.6. The number of carbonyl (C=O) groups excluding carboxylic acids is 3. The molecule has 12 heteroatoms. The lowest BCUT2D eigenvalue weighted by Crippen LogP contribution is -2.57. The van der Waals surface area contributed by atoms with E-state index >= 15 is 0 Å². The van der Waals surface area contributed by atoms with Gasteiger partial charge in [-0.3, -0.25) is 19.2 Å². The van der Waals surface area contributed by atoms with E-state index in [0.717, 1.165) is 6.42 Å². The van der Waals surface area contributed by atoms with E-state index in [9.17, 15) is 29.1 Å². The van der Waals surface area contributed by atoms with Gasteiger partial charge in [-0.25, -0.2) is 4.79 Å². The van der Waals surface area contributed by atoms with Crippen LogP contribution in [0.1, 0.15) is 26.2 Å². The zero-order valence-corrected chi connectivity index (χ0v) is 14.7. The number of carbonyl (C=O) groups is 5. The molecule has 12 nitrogen and oxygen atoms in total. The Hall–Kier alpha value is -2.73. The lowest BCUT2D eigenvalue weighted by atomic mass is 10.1. The molecule has 0 saturated carbocycles. The smallest absolute Gasteiger partial charge is 0.326 e. The average Bonchev–Trinajstić information content (AvgIpc) is 3.12. The van der Waals surface area contributed by atoms with Crippen molar-refractivity contribution in [2.45, 2.75) is 50.4 Å². The topological polar surface area (TPSA) is 194 Å². The monoisotopic (exact) mass is 388 g/mol. The molecular formula is C15H24N4O8. The van der Waals surface area contributed by atoms with E-state index in [1.807, 2.05) is 5.32 Å². The average molecular weight is 388 g/mol. The largest absolute Gasteiger partial charge is 0.481 e. The second kappa shape index (κ2) is 10.4. The molecule has 0 aromatic rings. The van der Waals surface area contributed by atoms with Crippen molar-refractivity contribution in [3.05, 3.63) is 0 Å². The predicted molar refractivity (Wildman–Crippen MR) is 89.5 cm³/mol. The minimum Gasteiger partial charge on any atom is -0.481 e. The minimum absolute atomic E-state index is 0.453. The summed E-state index contributed by atoms with van der Waals surface area (Å²) in [6, 6.07) is -4.62. The standard InChI is InChI=1S/C15H24N4O8/c1-7(12(23)18-9(15(26)27)5-11(21)22)17-14(25)10(6-20)19-13(24)8-3-2-4-16-8/h7-10,16,20H,2-6H2,1H3,(H,17,25)(H,18,23)(H,19,24)(H,21,22)(H,26,27). The summed E-state index contributed by atoms with van der Waals surface area (Å²) in [6.45, 7) is 1.23. The van der Waals surface area contributed by atoms with Crippen LogP contribution in [0.4, 0.5) is 0 Å². The quantitative estimate of drug-likeness (QED) is 0.201. The van der Waals surface area contributed by atoms with Crippen LogP contribution in [0.25, 0.3) is 0 Å². The molecule has 0 aromatic heterocycles. The van der Waals surface area contributed by atoms with Gasteiger partial charge in [0, 0.05) is 0 Å². The van der Waals surface area contributed by atoms with Gasteiger partial charge in [-0.2, -0.15) is 0 Å². The molecule has 1 heterocycles. The first-order chi connectivity index (χ1) is 12.6. The van der Waals surface area contributed by atoms with Crippen LogP contribution < -0.4 is 21.3 Å². The van der Waals surface area contributed by atoms with E-state index in [1.165, 1.54) is 6.92 Å². The van der Waals surface area contributed by atoms with Crippen LogP contribution in [-0.4, -0.2) is 82.3 Å². The van der Waals surface area contributed by atoms with E-state index in [0.29, 0.717) is 13.0 Å². The van der Waals surface area contributed by atoms with Crippen LogP contribution in [0.2, 0.25) is 0 Å². The highest BCUT2D eigenvalue weighted by Crippen LogP contribution is 2.05. The van der Waals surface area contributed by atoms with Crippen molar-refractivity contribution in [1.29, 1.82) is 0 Å². The molecule has 0 spiro atoms. The van der Waals surface area contributed by atoms with Gasteiger partial charge in [0.15, 0.2) is 0 Å². The van der Waals surface area contributed by atoms with Gasteiger partial charge < -0.3 is 36.6 Å². The molecule has 3 amide bonds. The normalized spacial score (nSPS) is 19.4. The van der Waals surface area contributed by atoms with Crippen LogP contribution in [0.15, 0.2) is 0 Å². The first kappa shape index (κ1) is 22.3. The number of carboxylic acids is 2. The van der Waals surface area contributed by atoms with E-state index in [-0.39, 0.29) is 0 Å². The van der Waals surface area contributed by atoms with Crippen LogP contribution in [0.5, 0.6) is 0 Å². The molecule has 7 N–H and O–H groups in total. The van der Waals surface area contributed by atoms with Crippen molar-refractivity contribution in [3.63, 3.8) is 0 Å². The Bertz CT molecular complexity index is 590. The van der Waals surface area contributed by atoms with E-state index in [4.69, 9.17) is 10.2 Å². The summed E-state index contributed by atoms with van der Waals surface area (Å²) in [4.78, 5) is 57.7. The minimum atomic E-state index is -1.66. The van der Waals surface area contributed by atoms with Crippen molar-refractivity contribution in [2.24, 2.45) is 0 Å². The summed E-state index contributed by atoms with van der Waals surface area (Å²) in [7, 11) is 0. The summed E-state index contributed by atoms with van der Waals surface area (Å²) in [6.07, 6.45) is 0.586. The lowest BCUT2D eigenvalue weighted by Gasteiger charge is -2.22. The van der Waals surface area contributed by atoms with Gasteiger partial charge in [0.2, 0.25) is 17.7 Å². The van der Waals surface area contributed by atoms with Crippen LogP contribution in [0, 0.1) is 0 Å². The third-order valence-corrected chi connectivity index (χ3v) is 3.94. The van der Waals surface area contributed by atoms with Gasteiger partial charge in [0.25, 0.3) is 0 Å². The number of amides is 3.